The second-order valence-electron chi connectivity index (χ2n) is 6.94. The Bertz CT molecular complexity index is 845. The fourth-order valence-corrected chi connectivity index (χ4v) is 5.11. The van der Waals surface area contributed by atoms with Gasteiger partial charge in [0.1, 0.15) is 0 Å². The van der Waals surface area contributed by atoms with Gasteiger partial charge < -0.3 is 4.90 Å². The number of piperazine rings is 1. The van der Waals surface area contributed by atoms with Crippen LogP contribution in [0.1, 0.15) is 31.7 Å². The number of unbranched alkanes of at least 4 members (excludes halogenated alkanes) is 2. The third-order valence-electron chi connectivity index (χ3n) is 5.06. The molecule has 2 aromatic rings. The fraction of sp³-hybridized carbons (Fsp3) is 0.429. The molecular weight excluding hydrogens is 380 g/mol. The van der Waals surface area contributed by atoms with Crippen molar-refractivity contribution in [1.82, 2.24) is 4.31 Å². The molecule has 0 N–H and O–H groups in total. The maximum absolute atomic E-state index is 13.0. The molecule has 0 saturated carbocycles. The van der Waals surface area contributed by atoms with Crippen molar-refractivity contribution in [2.24, 2.45) is 0 Å². The van der Waals surface area contributed by atoms with Gasteiger partial charge in [-0.15, -0.1) is 0 Å². The number of aryl methyl sites for hydroxylation is 1. The highest BCUT2D eigenvalue weighted by atomic mass is 35.5. The van der Waals surface area contributed by atoms with Crippen LogP contribution in [0.5, 0.6) is 0 Å². The molecule has 1 fully saturated rings. The molecule has 0 atom stereocenters. The fourth-order valence-electron chi connectivity index (χ4n) is 3.43. The van der Waals surface area contributed by atoms with Gasteiger partial charge in [0.2, 0.25) is 10.0 Å². The molecule has 2 aromatic carbocycles. The number of benzene rings is 2. The van der Waals surface area contributed by atoms with Crippen LogP contribution < -0.4 is 4.90 Å². The van der Waals surface area contributed by atoms with Crippen LogP contribution in [0.25, 0.3) is 0 Å². The summed E-state index contributed by atoms with van der Waals surface area (Å²) >= 11 is 6.27. The third kappa shape index (κ3) is 4.84. The van der Waals surface area contributed by atoms with Crippen LogP contribution in [0.4, 0.5) is 5.69 Å². The zero-order valence-corrected chi connectivity index (χ0v) is 17.3. The lowest BCUT2D eigenvalue weighted by Crippen LogP contribution is -2.48. The van der Waals surface area contributed by atoms with Crippen molar-refractivity contribution in [3.8, 4) is 0 Å². The summed E-state index contributed by atoms with van der Waals surface area (Å²) in [6.07, 6.45) is 4.54. The molecule has 1 heterocycles. The van der Waals surface area contributed by atoms with Gasteiger partial charge in [0.25, 0.3) is 0 Å². The van der Waals surface area contributed by atoms with E-state index in [4.69, 9.17) is 11.6 Å². The van der Waals surface area contributed by atoms with E-state index in [1.54, 1.807) is 16.4 Å². The molecule has 0 aromatic heterocycles. The highest BCUT2D eigenvalue weighted by Crippen LogP contribution is 2.27. The lowest BCUT2D eigenvalue weighted by atomic mass is 10.1. The summed E-state index contributed by atoms with van der Waals surface area (Å²) in [6, 6.07) is 15.1. The number of nitrogens with zero attached hydrogens (tertiary/aromatic N) is 2. The number of sulfonamides is 1. The molecule has 0 amide bonds. The van der Waals surface area contributed by atoms with Crippen LogP contribution >= 0.6 is 11.6 Å². The minimum Gasteiger partial charge on any atom is -0.368 e. The summed E-state index contributed by atoms with van der Waals surface area (Å²) in [7, 11) is -3.45. The van der Waals surface area contributed by atoms with Crippen molar-refractivity contribution < 1.29 is 8.42 Å². The minimum absolute atomic E-state index is 0.382. The van der Waals surface area contributed by atoms with Gasteiger partial charge in [0, 0.05) is 26.2 Å². The van der Waals surface area contributed by atoms with Crippen molar-refractivity contribution in [1.29, 1.82) is 0 Å². The zero-order valence-electron chi connectivity index (χ0n) is 15.8. The average Bonchev–Trinajstić information content (AvgIpc) is 2.69. The number of halogens is 1. The van der Waals surface area contributed by atoms with E-state index in [0.29, 0.717) is 36.1 Å². The van der Waals surface area contributed by atoms with E-state index in [1.807, 2.05) is 36.4 Å². The summed E-state index contributed by atoms with van der Waals surface area (Å²) in [5.41, 5.74) is 2.17. The van der Waals surface area contributed by atoms with Gasteiger partial charge >= 0.3 is 0 Å². The topological polar surface area (TPSA) is 40.6 Å². The van der Waals surface area contributed by atoms with Crippen molar-refractivity contribution in [2.75, 3.05) is 31.1 Å². The first kappa shape index (κ1) is 20.2. The quantitative estimate of drug-likeness (QED) is 0.631. The van der Waals surface area contributed by atoms with Crippen LogP contribution in [-0.4, -0.2) is 38.9 Å². The number of rotatable bonds is 7. The molecule has 3 rings (SSSR count). The largest absolute Gasteiger partial charge is 0.368 e. The Labute approximate surface area is 167 Å². The van der Waals surface area contributed by atoms with Gasteiger partial charge in [-0.25, -0.2) is 8.42 Å². The smallest absolute Gasteiger partial charge is 0.243 e. The molecular formula is C21H27ClN2O2S. The first-order valence-corrected chi connectivity index (χ1v) is 11.4. The predicted octanol–water partition coefficient (Wildman–Crippen LogP) is 4.58. The Morgan fingerprint density at radius 2 is 1.59 bits per heavy atom. The second-order valence-corrected chi connectivity index (χ2v) is 9.29. The molecule has 0 bridgehead atoms. The highest BCUT2D eigenvalue weighted by molar-refractivity contribution is 7.89. The normalized spacial score (nSPS) is 15.9. The maximum atomic E-state index is 13.0. The summed E-state index contributed by atoms with van der Waals surface area (Å²) in [6.45, 7) is 4.38. The summed E-state index contributed by atoms with van der Waals surface area (Å²) in [5, 5.41) is 0.701. The van der Waals surface area contributed by atoms with Gasteiger partial charge in [-0.3, -0.25) is 0 Å². The molecule has 1 aliphatic rings. The molecule has 6 heteroatoms. The van der Waals surface area contributed by atoms with Crippen molar-refractivity contribution in [3.63, 3.8) is 0 Å². The number of hydrogen-bond donors (Lipinski definition) is 0. The SMILES string of the molecule is CCCCCc1ccc(S(=O)(=O)N2CCN(c3ccccc3Cl)CC2)cc1. The van der Waals surface area contributed by atoms with E-state index in [2.05, 4.69) is 11.8 Å². The minimum atomic E-state index is -3.45. The Morgan fingerprint density at radius 3 is 2.22 bits per heavy atom. The number of hydrogen-bond acceptors (Lipinski definition) is 3. The molecule has 27 heavy (non-hydrogen) atoms. The number of para-hydroxylation sites is 1. The monoisotopic (exact) mass is 406 g/mol. The van der Waals surface area contributed by atoms with Gasteiger partial charge in [-0.2, -0.15) is 4.31 Å². The Morgan fingerprint density at radius 1 is 0.926 bits per heavy atom. The van der Waals surface area contributed by atoms with Gasteiger partial charge in [-0.05, 0) is 42.7 Å². The predicted molar refractivity (Wildman–Crippen MR) is 112 cm³/mol. The summed E-state index contributed by atoms with van der Waals surface area (Å²) < 4.78 is 27.5. The van der Waals surface area contributed by atoms with Crippen LogP contribution in [0.2, 0.25) is 5.02 Å². The number of anilines is 1. The standard InChI is InChI=1S/C21H27ClN2O2S/c1-2-3-4-7-18-10-12-19(13-11-18)27(25,26)24-16-14-23(15-17-24)21-9-6-5-8-20(21)22/h5-6,8-13H,2-4,7,14-17H2,1H3. The molecule has 1 saturated heterocycles. The van der Waals surface area contributed by atoms with Gasteiger partial charge in [0.05, 0.1) is 15.6 Å². The summed E-state index contributed by atoms with van der Waals surface area (Å²) in [4.78, 5) is 2.53. The van der Waals surface area contributed by atoms with E-state index in [9.17, 15) is 8.42 Å². The van der Waals surface area contributed by atoms with Crippen molar-refractivity contribution >= 4 is 27.3 Å². The first-order valence-electron chi connectivity index (χ1n) is 9.61. The second kappa shape index (κ2) is 9.09. The van der Waals surface area contributed by atoms with E-state index < -0.39 is 10.0 Å². The highest BCUT2D eigenvalue weighted by Gasteiger charge is 2.29. The van der Waals surface area contributed by atoms with Crippen LogP contribution in [-0.2, 0) is 16.4 Å². The lowest BCUT2D eigenvalue weighted by Gasteiger charge is -2.35. The maximum Gasteiger partial charge on any atom is 0.243 e. The average molecular weight is 407 g/mol. The lowest BCUT2D eigenvalue weighted by molar-refractivity contribution is 0.385. The van der Waals surface area contributed by atoms with E-state index in [0.717, 1.165) is 18.5 Å². The van der Waals surface area contributed by atoms with Crippen molar-refractivity contribution in [2.45, 2.75) is 37.5 Å². The van der Waals surface area contributed by atoms with Gasteiger partial charge in [0.15, 0.2) is 0 Å². The molecule has 4 nitrogen and oxygen atoms in total. The van der Waals surface area contributed by atoms with Crippen molar-refractivity contribution in [3.05, 3.63) is 59.1 Å². The molecule has 0 radical (unpaired) electrons. The molecule has 0 aliphatic carbocycles. The Hall–Kier alpha value is -1.56. The summed E-state index contributed by atoms with van der Waals surface area (Å²) in [5.74, 6) is 0. The van der Waals surface area contributed by atoms with Crippen LogP contribution in [0.3, 0.4) is 0 Å². The zero-order chi connectivity index (χ0) is 19.3. The van der Waals surface area contributed by atoms with Crippen LogP contribution in [0, 0.1) is 0 Å². The molecule has 146 valence electrons. The van der Waals surface area contributed by atoms with E-state index >= 15 is 0 Å². The van der Waals surface area contributed by atoms with Gasteiger partial charge in [-0.1, -0.05) is 55.6 Å². The van der Waals surface area contributed by atoms with E-state index in [-0.39, 0.29) is 0 Å². The van der Waals surface area contributed by atoms with E-state index in [1.165, 1.54) is 18.4 Å². The molecule has 0 spiro atoms. The first-order chi connectivity index (χ1) is 13.0. The van der Waals surface area contributed by atoms with Crippen LogP contribution in [0.15, 0.2) is 53.4 Å². The molecule has 1 aliphatic heterocycles. The third-order valence-corrected chi connectivity index (χ3v) is 7.29. The Kier molecular flexibility index (Phi) is 6.79. The Balaban J connectivity index is 1.64. The molecule has 0 unspecified atom stereocenters.